The molecule has 1 saturated heterocycles. The van der Waals surface area contributed by atoms with E-state index in [2.05, 4.69) is 4.72 Å². The zero-order chi connectivity index (χ0) is 16.3. The summed E-state index contributed by atoms with van der Waals surface area (Å²) in [7, 11) is 0. The average Bonchev–Trinajstić information content (AvgIpc) is 2.49. The first-order chi connectivity index (χ1) is 10.4. The highest BCUT2D eigenvalue weighted by Gasteiger charge is 2.47. The van der Waals surface area contributed by atoms with E-state index in [-0.39, 0.29) is 12.2 Å². The monoisotopic (exact) mass is 355 g/mol. The number of halogens is 1. The van der Waals surface area contributed by atoms with Gasteiger partial charge in [0.05, 0.1) is 6.04 Å². The lowest BCUT2D eigenvalue weighted by atomic mass is 9.93. The topological polar surface area (TPSA) is 105 Å². The minimum Gasteiger partial charge on any atom is -0.598 e. The van der Waals surface area contributed by atoms with Crippen LogP contribution in [0.15, 0.2) is 12.2 Å². The third kappa shape index (κ3) is 4.57. The molecule has 0 aromatic rings. The van der Waals surface area contributed by atoms with Crippen LogP contribution in [-0.2, 0) is 16.1 Å². The Hall–Kier alpha value is 0.130. The van der Waals surface area contributed by atoms with E-state index in [4.69, 9.17) is 4.74 Å². The van der Waals surface area contributed by atoms with Gasteiger partial charge in [0.1, 0.15) is 42.3 Å². The Morgan fingerprint density at radius 2 is 1.91 bits per heavy atom. The number of alkyl halides is 1. The molecule has 4 N–H and O–H groups in total. The van der Waals surface area contributed by atoms with Gasteiger partial charge in [-0.25, -0.2) is 4.39 Å². The summed E-state index contributed by atoms with van der Waals surface area (Å²) < 4.78 is 33.6. The number of thioether (sulfide) groups is 1. The van der Waals surface area contributed by atoms with Gasteiger partial charge in [-0.05, 0) is 12.8 Å². The summed E-state index contributed by atoms with van der Waals surface area (Å²) >= 11 is -0.271. The lowest BCUT2D eigenvalue weighted by molar-refractivity contribution is -0.203. The van der Waals surface area contributed by atoms with Gasteiger partial charge in [-0.3, -0.25) is 0 Å². The van der Waals surface area contributed by atoms with Crippen molar-refractivity contribution in [3.8, 4) is 0 Å². The molecular formula is C13H22FNO5S2. The fraction of sp³-hybridized carbons (Fsp3) is 0.846. The Morgan fingerprint density at radius 3 is 2.59 bits per heavy atom. The van der Waals surface area contributed by atoms with Gasteiger partial charge >= 0.3 is 0 Å². The van der Waals surface area contributed by atoms with Crippen molar-refractivity contribution in [2.24, 2.45) is 0 Å². The van der Waals surface area contributed by atoms with E-state index in [0.29, 0.717) is 6.42 Å². The van der Waals surface area contributed by atoms with E-state index in [1.165, 1.54) is 6.26 Å². The number of nitrogens with one attached hydrogen (secondary N) is 1. The normalized spacial score (nSPS) is 46.5. The Balaban J connectivity index is 2.22. The van der Waals surface area contributed by atoms with E-state index in [1.54, 1.807) is 12.2 Å². The molecule has 2 aliphatic rings. The standard InChI is InChI=1S/C13H22FNO5S2/c1-22(19)15-8-5-3-2-4-7(14)6-21-13-11(18)9(16)10(17)12(8)20-13/h2-3,7-13,15-18H,4-6H2,1H3/b3-2-/t7?,8-,9?,10?,11-,12-,13?,22-/m1/s1. The van der Waals surface area contributed by atoms with E-state index < -0.39 is 53.4 Å². The smallest absolute Gasteiger partial charge is 0.132 e. The number of aliphatic hydroxyl groups is 3. The number of rotatable bonds is 2. The summed E-state index contributed by atoms with van der Waals surface area (Å²) in [5, 5.41) is 30.2. The molecule has 0 saturated carbocycles. The molecule has 9 heteroatoms. The van der Waals surface area contributed by atoms with Crippen molar-refractivity contribution in [3.63, 3.8) is 0 Å². The van der Waals surface area contributed by atoms with Gasteiger partial charge in [0.2, 0.25) is 0 Å². The van der Waals surface area contributed by atoms with Gasteiger partial charge in [0, 0.05) is 17.1 Å². The number of hydrogen-bond acceptors (Lipinski definition) is 7. The van der Waals surface area contributed by atoms with Crippen LogP contribution >= 0.6 is 11.8 Å². The molecule has 0 aliphatic carbocycles. The molecule has 0 amide bonds. The maximum Gasteiger partial charge on any atom is 0.132 e. The molecule has 4 unspecified atom stereocenters. The van der Waals surface area contributed by atoms with Crippen molar-refractivity contribution in [2.45, 2.75) is 54.9 Å². The Labute approximate surface area is 136 Å². The zero-order valence-corrected chi connectivity index (χ0v) is 13.8. The molecule has 0 radical (unpaired) electrons. The maximum atomic E-state index is 13.7. The number of ether oxygens (including phenoxy) is 1. The van der Waals surface area contributed by atoms with Gasteiger partial charge in [-0.1, -0.05) is 12.2 Å². The predicted molar refractivity (Wildman–Crippen MR) is 83.4 cm³/mol. The van der Waals surface area contributed by atoms with Gasteiger partial charge in [-0.15, -0.1) is 16.5 Å². The average molecular weight is 355 g/mol. The van der Waals surface area contributed by atoms with Crippen molar-refractivity contribution >= 4 is 23.1 Å². The predicted octanol–water partition coefficient (Wildman–Crippen LogP) is -0.533. The Bertz CT molecular complexity index is 389. The summed E-state index contributed by atoms with van der Waals surface area (Å²) in [5.74, 6) is 0.124. The summed E-state index contributed by atoms with van der Waals surface area (Å²) in [6, 6.07) is -0.515. The van der Waals surface area contributed by atoms with Gasteiger partial charge < -0.3 is 24.6 Å². The number of aliphatic hydroxyl groups excluding tert-OH is 3. The summed E-state index contributed by atoms with van der Waals surface area (Å²) in [6.45, 7) is 0. The van der Waals surface area contributed by atoms with Crippen LogP contribution in [0.4, 0.5) is 4.39 Å². The molecule has 2 aliphatic heterocycles. The van der Waals surface area contributed by atoms with Crippen molar-refractivity contribution in [3.05, 3.63) is 12.2 Å². The highest BCUT2D eigenvalue weighted by atomic mass is 32.2. The summed E-state index contributed by atoms with van der Waals surface area (Å²) in [5.41, 5.74) is -0.839. The lowest BCUT2D eigenvalue weighted by Crippen LogP contribution is -2.62. The highest BCUT2D eigenvalue weighted by Crippen LogP contribution is 2.32. The lowest BCUT2D eigenvalue weighted by Gasteiger charge is -2.42. The summed E-state index contributed by atoms with van der Waals surface area (Å²) in [6.07, 6.45) is -0.421. The fourth-order valence-electron chi connectivity index (χ4n) is 2.56. The van der Waals surface area contributed by atoms with Crippen molar-refractivity contribution < 1.29 is 29.0 Å². The van der Waals surface area contributed by atoms with Crippen molar-refractivity contribution in [2.75, 3.05) is 12.0 Å². The Kier molecular flexibility index (Phi) is 6.96. The minimum absolute atomic E-state index is 0.124. The van der Waals surface area contributed by atoms with Crippen molar-refractivity contribution in [1.82, 2.24) is 4.72 Å². The number of hydrogen-bond donors (Lipinski definition) is 4. The highest BCUT2D eigenvalue weighted by molar-refractivity contribution is 7.99. The van der Waals surface area contributed by atoms with Crippen LogP contribution in [0.25, 0.3) is 0 Å². The van der Waals surface area contributed by atoms with E-state index >= 15 is 0 Å². The van der Waals surface area contributed by atoms with Crippen LogP contribution in [-0.4, -0.2) is 73.9 Å². The minimum atomic E-state index is -1.39. The molecule has 1 fully saturated rings. The van der Waals surface area contributed by atoms with Crippen LogP contribution in [0.2, 0.25) is 0 Å². The molecule has 0 aromatic heterocycles. The molecule has 128 valence electrons. The van der Waals surface area contributed by atoms with E-state index in [1.807, 2.05) is 0 Å². The molecule has 2 bridgehead atoms. The molecule has 2 rings (SSSR count). The molecule has 0 aromatic carbocycles. The van der Waals surface area contributed by atoms with Gasteiger partial charge in [0.15, 0.2) is 0 Å². The second kappa shape index (κ2) is 8.29. The van der Waals surface area contributed by atoms with Crippen LogP contribution in [0.1, 0.15) is 12.8 Å². The first-order valence-corrected chi connectivity index (χ1v) is 9.70. The third-order valence-electron chi connectivity index (χ3n) is 3.71. The van der Waals surface area contributed by atoms with E-state index in [0.717, 1.165) is 11.8 Å². The van der Waals surface area contributed by atoms with Gasteiger partial charge in [0.25, 0.3) is 0 Å². The SMILES string of the molecule is C[S@@+]([O-])N[C@@H]1C/C=C\CC(F)CSC2O[C@H]1C(O)C(O)[C@H]2O. The molecule has 22 heavy (non-hydrogen) atoms. The Morgan fingerprint density at radius 1 is 1.23 bits per heavy atom. The zero-order valence-electron chi connectivity index (χ0n) is 12.2. The quantitative estimate of drug-likeness (QED) is 0.390. The molecule has 8 atom stereocenters. The second-order valence-electron chi connectivity index (χ2n) is 5.49. The fourth-order valence-corrected chi connectivity index (χ4v) is 4.32. The largest absolute Gasteiger partial charge is 0.598 e. The molecular weight excluding hydrogens is 333 g/mol. The first kappa shape index (κ1) is 18.5. The van der Waals surface area contributed by atoms with Crippen LogP contribution in [0.5, 0.6) is 0 Å². The van der Waals surface area contributed by atoms with Crippen LogP contribution < -0.4 is 4.72 Å². The second-order valence-corrected chi connectivity index (χ2v) is 7.77. The van der Waals surface area contributed by atoms with Crippen LogP contribution in [0, 0.1) is 0 Å². The maximum absolute atomic E-state index is 13.7. The summed E-state index contributed by atoms with van der Waals surface area (Å²) in [4.78, 5) is 0. The molecule has 2 heterocycles. The van der Waals surface area contributed by atoms with Crippen LogP contribution in [0.3, 0.4) is 0 Å². The molecule has 6 nitrogen and oxygen atoms in total. The van der Waals surface area contributed by atoms with E-state index in [9.17, 15) is 24.3 Å². The van der Waals surface area contributed by atoms with Gasteiger partial charge in [-0.2, -0.15) is 0 Å². The van der Waals surface area contributed by atoms with Crippen molar-refractivity contribution in [1.29, 1.82) is 0 Å². The first-order valence-electron chi connectivity index (χ1n) is 7.10. The number of allylic oxidation sites excluding steroid dienone is 1. The third-order valence-corrected chi connectivity index (χ3v) is 5.62. The molecule has 0 spiro atoms. The number of fused-ring (bicyclic) bond motifs is 2.